The van der Waals surface area contributed by atoms with E-state index in [0.717, 1.165) is 30.8 Å². The molecule has 0 bridgehead atoms. The number of urea groups is 1. The van der Waals surface area contributed by atoms with E-state index in [9.17, 15) is 14.4 Å². The predicted molar refractivity (Wildman–Crippen MR) is 60.0 cm³/mol. The summed E-state index contributed by atoms with van der Waals surface area (Å²) in [5.41, 5.74) is 0. The second-order valence-corrected chi connectivity index (χ2v) is 4.81. The van der Waals surface area contributed by atoms with Crippen LogP contribution < -0.4 is 5.32 Å². The highest BCUT2D eigenvalue weighted by atomic mass is 16.2. The third kappa shape index (κ3) is 2.17. The van der Waals surface area contributed by atoms with Crippen LogP contribution >= 0.6 is 0 Å². The van der Waals surface area contributed by atoms with Gasteiger partial charge in [0.1, 0.15) is 5.92 Å². The normalized spacial score (nSPS) is 28.5. The van der Waals surface area contributed by atoms with Gasteiger partial charge in [0, 0.05) is 7.05 Å². The van der Waals surface area contributed by atoms with Crippen molar-refractivity contribution in [3.05, 3.63) is 0 Å². The van der Waals surface area contributed by atoms with Crippen molar-refractivity contribution in [3.63, 3.8) is 0 Å². The standard InChI is InChI=1S/C11H17N3O3/c1-13-5-3-7(4-6-13)8-9(15)12-11(17)14(2)10(8)16/h7-8H,3-6H2,1-2H3,(H,12,15,17)/t8-/m0/s1. The van der Waals surface area contributed by atoms with Crippen molar-refractivity contribution in [1.29, 1.82) is 0 Å². The van der Waals surface area contributed by atoms with Crippen LogP contribution in [0, 0.1) is 11.8 Å². The quantitative estimate of drug-likeness (QED) is 0.635. The van der Waals surface area contributed by atoms with E-state index in [1.54, 1.807) is 0 Å². The van der Waals surface area contributed by atoms with E-state index >= 15 is 0 Å². The summed E-state index contributed by atoms with van der Waals surface area (Å²) in [5, 5.41) is 2.23. The number of carbonyl (C=O) groups is 3. The third-order valence-electron chi connectivity index (χ3n) is 3.65. The fourth-order valence-electron chi connectivity index (χ4n) is 2.47. The number of hydrogen-bond acceptors (Lipinski definition) is 4. The zero-order chi connectivity index (χ0) is 12.6. The molecule has 1 N–H and O–H groups in total. The first-order chi connectivity index (χ1) is 8.00. The SMILES string of the molecule is CN1CCC([C@H]2C(=O)NC(=O)N(C)C2=O)CC1. The maximum Gasteiger partial charge on any atom is 0.330 e. The van der Waals surface area contributed by atoms with Gasteiger partial charge in [0.15, 0.2) is 0 Å². The number of rotatable bonds is 1. The number of barbiturate groups is 1. The Bertz CT molecular complexity index is 361. The van der Waals surface area contributed by atoms with Gasteiger partial charge in [-0.1, -0.05) is 0 Å². The Kier molecular flexibility index (Phi) is 3.15. The van der Waals surface area contributed by atoms with Crippen molar-refractivity contribution in [2.75, 3.05) is 27.2 Å². The smallest absolute Gasteiger partial charge is 0.306 e. The van der Waals surface area contributed by atoms with Crippen LogP contribution in [0.15, 0.2) is 0 Å². The molecule has 0 spiro atoms. The molecule has 2 saturated heterocycles. The summed E-state index contributed by atoms with van der Waals surface area (Å²) in [6, 6.07) is -0.621. The van der Waals surface area contributed by atoms with Crippen molar-refractivity contribution in [3.8, 4) is 0 Å². The van der Waals surface area contributed by atoms with Crippen LogP contribution in [0.25, 0.3) is 0 Å². The highest BCUT2D eigenvalue weighted by Crippen LogP contribution is 2.27. The van der Waals surface area contributed by atoms with E-state index in [1.165, 1.54) is 7.05 Å². The largest absolute Gasteiger partial charge is 0.330 e. The number of piperidine rings is 1. The lowest BCUT2D eigenvalue weighted by Crippen LogP contribution is -2.58. The maximum atomic E-state index is 12.0. The molecule has 0 aliphatic carbocycles. The van der Waals surface area contributed by atoms with E-state index in [2.05, 4.69) is 10.2 Å². The fraction of sp³-hybridized carbons (Fsp3) is 0.727. The molecule has 0 aromatic heterocycles. The molecule has 2 fully saturated rings. The molecule has 2 aliphatic rings. The Balaban J connectivity index is 2.11. The van der Waals surface area contributed by atoms with E-state index in [4.69, 9.17) is 0 Å². The number of likely N-dealkylation sites (tertiary alicyclic amines) is 1. The summed E-state index contributed by atoms with van der Waals surface area (Å²) in [6.07, 6.45) is 1.64. The summed E-state index contributed by atoms with van der Waals surface area (Å²) in [7, 11) is 3.43. The van der Waals surface area contributed by atoms with Gasteiger partial charge >= 0.3 is 6.03 Å². The summed E-state index contributed by atoms with van der Waals surface area (Å²) >= 11 is 0. The molecule has 0 aromatic carbocycles. The van der Waals surface area contributed by atoms with Gasteiger partial charge in [-0.15, -0.1) is 0 Å². The highest BCUT2D eigenvalue weighted by molar-refractivity contribution is 6.16. The van der Waals surface area contributed by atoms with Crippen LogP contribution in [0.1, 0.15) is 12.8 Å². The number of nitrogens with zero attached hydrogens (tertiary/aromatic N) is 2. The van der Waals surface area contributed by atoms with Gasteiger partial charge in [-0.2, -0.15) is 0 Å². The van der Waals surface area contributed by atoms with Gasteiger partial charge < -0.3 is 4.90 Å². The zero-order valence-corrected chi connectivity index (χ0v) is 10.1. The molecular weight excluding hydrogens is 222 g/mol. The summed E-state index contributed by atoms with van der Waals surface area (Å²) < 4.78 is 0. The lowest BCUT2D eigenvalue weighted by molar-refractivity contribution is -0.145. The maximum absolute atomic E-state index is 12.0. The van der Waals surface area contributed by atoms with Crippen molar-refractivity contribution < 1.29 is 14.4 Å². The monoisotopic (exact) mass is 239 g/mol. The molecular formula is C11H17N3O3. The van der Waals surface area contributed by atoms with Gasteiger partial charge in [0.05, 0.1) is 0 Å². The zero-order valence-electron chi connectivity index (χ0n) is 10.1. The predicted octanol–water partition coefficient (Wildman–Crippen LogP) is -0.347. The number of nitrogens with one attached hydrogen (secondary N) is 1. The van der Waals surface area contributed by atoms with Gasteiger partial charge in [0.2, 0.25) is 11.8 Å². The molecule has 17 heavy (non-hydrogen) atoms. The van der Waals surface area contributed by atoms with Crippen LogP contribution in [-0.2, 0) is 9.59 Å². The molecule has 2 heterocycles. The minimum absolute atomic E-state index is 0.0502. The topological polar surface area (TPSA) is 69.7 Å². The molecule has 6 nitrogen and oxygen atoms in total. The Morgan fingerprint density at radius 3 is 2.29 bits per heavy atom. The number of amides is 4. The molecule has 4 amide bonds. The minimum atomic E-state index is -0.689. The first-order valence-corrected chi connectivity index (χ1v) is 5.81. The van der Waals surface area contributed by atoms with E-state index in [-0.39, 0.29) is 11.8 Å². The second-order valence-electron chi connectivity index (χ2n) is 4.81. The first-order valence-electron chi connectivity index (χ1n) is 5.81. The molecule has 0 radical (unpaired) electrons. The average molecular weight is 239 g/mol. The molecule has 0 saturated carbocycles. The van der Waals surface area contributed by atoms with Crippen LogP contribution in [0.4, 0.5) is 4.79 Å². The second kappa shape index (κ2) is 4.44. The molecule has 6 heteroatoms. The fourth-order valence-corrected chi connectivity index (χ4v) is 2.47. The highest BCUT2D eigenvalue weighted by Gasteiger charge is 2.43. The molecule has 94 valence electrons. The number of hydrogen-bond donors (Lipinski definition) is 1. The Morgan fingerprint density at radius 2 is 1.71 bits per heavy atom. The minimum Gasteiger partial charge on any atom is -0.306 e. The Labute approximate surface area is 99.9 Å². The Hall–Kier alpha value is -1.43. The van der Waals surface area contributed by atoms with Crippen LogP contribution in [-0.4, -0.2) is 54.8 Å². The first kappa shape index (κ1) is 12.0. The summed E-state index contributed by atoms with van der Waals surface area (Å²) in [4.78, 5) is 38.1. The van der Waals surface area contributed by atoms with E-state index < -0.39 is 17.9 Å². The lowest BCUT2D eigenvalue weighted by Gasteiger charge is -2.36. The lowest BCUT2D eigenvalue weighted by atomic mass is 9.82. The molecule has 2 rings (SSSR count). The van der Waals surface area contributed by atoms with Gasteiger partial charge in [-0.3, -0.25) is 19.8 Å². The summed E-state index contributed by atoms with van der Waals surface area (Å²) in [6.45, 7) is 1.78. The van der Waals surface area contributed by atoms with Crippen molar-refractivity contribution in [2.24, 2.45) is 11.8 Å². The average Bonchev–Trinajstić information content (AvgIpc) is 2.29. The van der Waals surface area contributed by atoms with Crippen LogP contribution in [0.3, 0.4) is 0 Å². The van der Waals surface area contributed by atoms with E-state index in [0.29, 0.717) is 0 Å². The van der Waals surface area contributed by atoms with Crippen LogP contribution in [0.2, 0.25) is 0 Å². The van der Waals surface area contributed by atoms with Crippen molar-refractivity contribution in [2.45, 2.75) is 12.8 Å². The van der Waals surface area contributed by atoms with E-state index in [1.807, 2.05) is 7.05 Å². The molecule has 1 atom stereocenters. The van der Waals surface area contributed by atoms with Gasteiger partial charge in [-0.05, 0) is 38.9 Å². The van der Waals surface area contributed by atoms with Gasteiger partial charge in [-0.25, -0.2) is 4.79 Å². The number of carbonyl (C=O) groups excluding carboxylic acids is 3. The molecule has 2 aliphatic heterocycles. The Morgan fingerprint density at radius 1 is 1.12 bits per heavy atom. The molecule has 0 aromatic rings. The van der Waals surface area contributed by atoms with Crippen LogP contribution in [0.5, 0.6) is 0 Å². The summed E-state index contributed by atoms with van der Waals surface area (Å²) in [5.74, 6) is -1.44. The third-order valence-corrected chi connectivity index (χ3v) is 3.65. The number of imide groups is 2. The van der Waals surface area contributed by atoms with Crippen molar-refractivity contribution >= 4 is 17.8 Å². The molecule has 0 unspecified atom stereocenters. The van der Waals surface area contributed by atoms with Gasteiger partial charge in [0.25, 0.3) is 0 Å². The van der Waals surface area contributed by atoms with Crippen molar-refractivity contribution in [1.82, 2.24) is 15.1 Å².